The summed E-state index contributed by atoms with van der Waals surface area (Å²) in [6, 6.07) is 8.66. The SMILES string of the molecule is COc1cc2c(OCCCCn3ccnc3)c(C)ccc2cc1C(C)C. The Morgan fingerprint density at radius 3 is 2.69 bits per heavy atom. The van der Waals surface area contributed by atoms with Crippen molar-refractivity contribution in [2.75, 3.05) is 13.7 Å². The van der Waals surface area contributed by atoms with E-state index in [0.717, 1.165) is 41.8 Å². The number of fused-ring (bicyclic) bond motifs is 1. The van der Waals surface area contributed by atoms with E-state index in [2.05, 4.69) is 54.6 Å². The van der Waals surface area contributed by atoms with Crippen molar-refractivity contribution < 1.29 is 9.47 Å². The van der Waals surface area contributed by atoms with Gasteiger partial charge in [0.05, 0.1) is 20.0 Å². The number of unbranched alkanes of at least 4 members (excludes halogenated alkanes) is 1. The Bertz CT molecular complexity index is 854. The Kier molecular flexibility index (Phi) is 5.82. The summed E-state index contributed by atoms with van der Waals surface area (Å²) < 4.78 is 13.9. The summed E-state index contributed by atoms with van der Waals surface area (Å²) in [7, 11) is 1.74. The first-order valence-corrected chi connectivity index (χ1v) is 9.30. The maximum absolute atomic E-state index is 6.19. The lowest BCUT2D eigenvalue weighted by molar-refractivity contribution is 0.304. The van der Waals surface area contributed by atoms with E-state index in [4.69, 9.17) is 9.47 Å². The van der Waals surface area contributed by atoms with Crippen LogP contribution >= 0.6 is 0 Å². The van der Waals surface area contributed by atoms with Crippen LogP contribution < -0.4 is 9.47 Å². The number of hydrogen-bond acceptors (Lipinski definition) is 3. The standard InChI is InChI=1S/C22H28N2O2/c1-16(2)19-13-18-8-7-17(3)22(20(18)14-21(19)25-4)26-12-6-5-10-24-11-9-23-15-24/h7-9,11,13-16H,5-6,10,12H2,1-4H3. The molecule has 0 atom stereocenters. The molecule has 0 saturated heterocycles. The van der Waals surface area contributed by atoms with Gasteiger partial charge in [-0.15, -0.1) is 0 Å². The summed E-state index contributed by atoms with van der Waals surface area (Å²) in [5.74, 6) is 2.32. The van der Waals surface area contributed by atoms with E-state index in [-0.39, 0.29) is 0 Å². The maximum atomic E-state index is 6.19. The molecule has 0 N–H and O–H groups in total. The Labute approximate surface area is 155 Å². The molecule has 0 bridgehead atoms. The van der Waals surface area contributed by atoms with Crippen LogP contribution in [-0.4, -0.2) is 23.3 Å². The van der Waals surface area contributed by atoms with Gasteiger partial charge in [0.1, 0.15) is 11.5 Å². The first-order valence-electron chi connectivity index (χ1n) is 9.30. The highest BCUT2D eigenvalue weighted by atomic mass is 16.5. The van der Waals surface area contributed by atoms with Gasteiger partial charge in [-0.3, -0.25) is 0 Å². The molecule has 0 unspecified atom stereocenters. The fourth-order valence-corrected chi connectivity index (χ4v) is 3.26. The van der Waals surface area contributed by atoms with E-state index in [9.17, 15) is 0 Å². The van der Waals surface area contributed by atoms with Gasteiger partial charge in [0, 0.05) is 24.3 Å². The topological polar surface area (TPSA) is 36.3 Å². The molecule has 1 aromatic heterocycles. The van der Waals surface area contributed by atoms with Crippen LogP contribution in [0.4, 0.5) is 0 Å². The number of ether oxygens (including phenoxy) is 2. The third kappa shape index (κ3) is 4.01. The van der Waals surface area contributed by atoms with Crippen LogP contribution in [0.25, 0.3) is 10.8 Å². The molecule has 0 aliphatic carbocycles. The normalized spacial score (nSPS) is 11.3. The lowest BCUT2D eigenvalue weighted by Crippen LogP contribution is -2.03. The highest BCUT2D eigenvalue weighted by Gasteiger charge is 2.13. The molecule has 26 heavy (non-hydrogen) atoms. The highest BCUT2D eigenvalue weighted by molar-refractivity contribution is 5.91. The van der Waals surface area contributed by atoms with E-state index in [1.807, 2.05) is 18.7 Å². The van der Waals surface area contributed by atoms with E-state index in [0.29, 0.717) is 12.5 Å². The van der Waals surface area contributed by atoms with E-state index >= 15 is 0 Å². The molecule has 0 fully saturated rings. The van der Waals surface area contributed by atoms with Gasteiger partial charge in [0.25, 0.3) is 0 Å². The fourth-order valence-electron chi connectivity index (χ4n) is 3.26. The Balaban J connectivity index is 1.75. The van der Waals surface area contributed by atoms with Crippen LogP contribution in [0.1, 0.15) is 43.7 Å². The van der Waals surface area contributed by atoms with Crippen molar-refractivity contribution in [2.24, 2.45) is 0 Å². The lowest BCUT2D eigenvalue weighted by Gasteiger charge is -2.17. The van der Waals surface area contributed by atoms with Crippen LogP contribution in [0.2, 0.25) is 0 Å². The third-order valence-corrected chi connectivity index (χ3v) is 4.76. The summed E-state index contributed by atoms with van der Waals surface area (Å²) in [6.07, 6.45) is 7.74. The molecule has 3 rings (SSSR count). The number of nitrogens with zero attached hydrogens (tertiary/aromatic N) is 2. The van der Waals surface area contributed by atoms with Crippen molar-refractivity contribution in [2.45, 2.75) is 46.1 Å². The number of imidazole rings is 1. The molecule has 2 aromatic carbocycles. The van der Waals surface area contributed by atoms with Crippen molar-refractivity contribution >= 4 is 10.8 Å². The van der Waals surface area contributed by atoms with Gasteiger partial charge in [-0.2, -0.15) is 0 Å². The molecular weight excluding hydrogens is 324 g/mol. The van der Waals surface area contributed by atoms with Crippen LogP contribution in [0.15, 0.2) is 43.0 Å². The first kappa shape index (κ1) is 18.3. The van der Waals surface area contributed by atoms with Crippen LogP contribution in [0.3, 0.4) is 0 Å². The second-order valence-electron chi connectivity index (χ2n) is 7.04. The van der Waals surface area contributed by atoms with Crippen molar-refractivity contribution in [3.05, 3.63) is 54.1 Å². The van der Waals surface area contributed by atoms with Crippen LogP contribution in [0.5, 0.6) is 11.5 Å². The molecule has 3 aromatic rings. The lowest BCUT2D eigenvalue weighted by atomic mass is 9.96. The van der Waals surface area contributed by atoms with Crippen molar-refractivity contribution in [3.8, 4) is 11.5 Å². The summed E-state index contributed by atoms with van der Waals surface area (Å²) in [5.41, 5.74) is 2.39. The number of methoxy groups -OCH3 is 1. The molecule has 0 amide bonds. The molecule has 4 nitrogen and oxygen atoms in total. The molecule has 1 heterocycles. The van der Waals surface area contributed by atoms with E-state index < -0.39 is 0 Å². The number of hydrogen-bond donors (Lipinski definition) is 0. The minimum Gasteiger partial charge on any atom is -0.496 e. The zero-order valence-electron chi connectivity index (χ0n) is 16.2. The minimum atomic E-state index is 0.420. The van der Waals surface area contributed by atoms with E-state index in [1.165, 1.54) is 10.9 Å². The van der Waals surface area contributed by atoms with Gasteiger partial charge < -0.3 is 14.0 Å². The van der Waals surface area contributed by atoms with Crippen molar-refractivity contribution in [1.82, 2.24) is 9.55 Å². The number of aryl methyl sites for hydroxylation is 2. The molecule has 0 aliphatic heterocycles. The predicted octanol–water partition coefficient (Wildman–Crippen LogP) is 5.34. The summed E-state index contributed by atoms with van der Waals surface area (Å²) in [4.78, 5) is 4.07. The molecule has 0 saturated carbocycles. The van der Waals surface area contributed by atoms with Gasteiger partial charge in [0.15, 0.2) is 0 Å². The monoisotopic (exact) mass is 352 g/mol. The summed E-state index contributed by atoms with van der Waals surface area (Å²) in [6.45, 7) is 8.17. The first-order chi connectivity index (χ1) is 12.6. The quantitative estimate of drug-likeness (QED) is 0.514. The van der Waals surface area contributed by atoms with E-state index in [1.54, 1.807) is 7.11 Å². The maximum Gasteiger partial charge on any atom is 0.130 e. The number of rotatable bonds is 8. The molecule has 4 heteroatoms. The van der Waals surface area contributed by atoms with Gasteiger partial charge in [0.2, 0.25) is 0 Å². The second kappa shape index (κ2) is 8.26. The zero-order chi connectivity index (χ0) is 18.5. The molecule has 0 aliphatic rings. The smallest absolute Gasteiger partial charge is 0.130 e. The number of benzene rings is 2. The Hall–Kier alpha value is -2.49. The Morgan fingerprint density at radius 2 is 2.00 bits per heavy atom. The Morgan fingerprint density at radius 1 is 1.15 bits per heavy atom. The number of aromatic nitrogens is 2. The molecule has 138 valence electrons. The second-order valence-corrected chi connectivity index (χ2v) is 7.04. The van der Waals surface area contributed by atoms with Gasteiger partial charge in [-0.1, -0.05) is 26.0 Å². The average molecular weight is 352 g/mol. The van der Waals surface area contributed by atoms with Crippen LogP contribution in [-0.2, 0) is 6.54 Å². The summed E-state index contributed by atoms with van der Waals surface area (Å²) >= 11 is 0. The van der Waals surface area contributed by atoms with Gasteiger partial charge in [-0.05, 0) is 54.3 Å². The highest BCUT2D eigenvalue weighted by Crippen LogP contribution is 2.37. The largest absolute Gasteiger partial charge is 0.496 e. The minimum absolute atomic E-state index is 0.420. The molecular formula is C22H28N2O2. The zero-order valence-corrected chi connectivity index (χ0v) is 16.2. The molecule has 0 radical (unpaired) electrons. The van der Waals surface area contributed by atoms with Crippen molar-refractivity contribution in [3.63, 3.8) is 0 Å². The summed E-state index contributed by atoms with van der Waals surface area (Å²) in [5, 5.41) is 2.33. The fraction of sp³-hybridized carbons (Fsp3) is 0.409. The third-order valence-electron chi connectivity index (χ3n) is 4.76. The average Bonchev–Trinajstić information content (AvgIpc) is 3.15. The van der Waals surface area contributed by atoms with Crippen LogP contribution in [0, 0.1) is 6.92 Å². The predicted molar refractivity (Wildman–Crippen MR) is 106 cm³/mol. The van der Waals surface area contributed by atoms with Gasteiger partial charge in [-0.25, -0.2) is 4.98 Å². The van der Waals surface area contributed by atoms with Crippen molar-refractivity contribution in [1.29, 1.82) is 0 Å². The molecule has 0 spiro atoms. The van der Waals surface area contributed by atoms with Gasteiger partial charge >= 0.3 is 0 Å².